The fraction of sp³-hybridized carbons (Fsp3) is 0. The number of carbonyl (C=O) groups is 1. The van der Waals surface area contributed by atoms with Crippen molar-refractivity contribution in [3.63, 3.8) is 0 Å². The van der Waals surface area contributed by atoms with E-state index >= 15 is 0 Å². The van der Waals surface area contributed by atoms with Gasteiger partial charge >= 0.3 is 59.1 Å². The SMILES string of the molecule is O.O=C(Nc1ccc(-c2nnn[nH]2)cc1)c1ccc(-c2nnn[nH]2)cc1.[NaH].[NaH]. The zero-order valence-corrected chi connectivity index (χ0v) is 13.2. The number of rotatable bonds is 4. The Hall–Kier alpha value is -1.99. The number of carbonyl (C=O) groups excluding carboxylic acids is 1. The molecule has 1 amide bonds. The molecular weight excluding hydrogens is 384 g/mol. The third-order valence-electron chi connectivity index (χ3n) is 3.53. The van der Waals surface area contributed by atoms with Gasteiger partial charge in [-0.15, -0.1) is 10.2 Å². The van der Waals surface area contributed by atoms with Crippen molar-refractivity contribution in [3.05, 3.63) is 54.1 Å². The number of nitrogens with one attached hydrogen (secondary N) is 3. The molecular formula is C15H15N9Na2O2. The Morgan fingerprint density at radius 2 is 1.21 bits per heavy atom. The van der Waals surface area contributed by atoms with E-state index in [0.29, 0.717) is 22.9 Å². The molecule has 2 aromatic carbocycles. The van der Waals surface area contributed by atoms with Gasteiger partial charge in [-0.05, 0) is 57.3 Å². The number of hydrogen-bond acceptors (Lipinski definition) is 7. The summed E-state index contributed by atoms with van der Waals surface area (Å²) < 4.78 is 0. The first-order valence-corrected chi connectivity index (χ1v) is 7.29. The topological polar surface area (TPSA) is 170 Å². The molecule has 0 unspecified atom stereocenters. The van der Waals surface area contributed by atoms with Gasteiger partial charge in [-0.2, -0.15) is 0 Å². The van der Waals surface area contributed by atoms with E-state index in [9.17, 15) is 4.79 Å². The van der Waals surface area contributed by atoms with E-state index in [-0.39, 0.29) is 70.5 Å². The molecule has 13 heteroatoms. The van der Waals surface area contributed by atoms with Crippen molar-refractivity contribution in [2.75, 3.05) is 5.32 Å². The van der Waals surface area contributed by atoms with Gasteiger partial charge in [0.2, 0.25) is 0 Å². The predicted molar refractivity (Wildman–Crippen MR) is 105 cm³/mol. The van der Waals surface area contributed by atoms with Crippen LogP contribution in [0.3, 0.4) is 0 Å². The minimum absolute atomic E-state index is 0. The monoisotopic (exact) mass is 399 g/mol. The summed E-state index contributed by atoms with van der Waals surface area (Å²) in [5, 5.41) is 29.9. The first-order chi connectivity index (χ1) is 12.3. The Balaban J connectivity index is 0.00000131. The van der Waals surface area contributed by atoms with Gasteiger partial charge in [0.1, 0.15) is 0 Å². The van der Waals surface area contributed by atoms with Crippen LogP contribution in [0, 0.1) is 0 Å². The van der Waals surface area contributed by atoms with Gasteiger partial charge in [0.05, 0.1) is 0 Å². The molecule has 28 heavy (non-hydrogen) atoms. The van der Waals surface area contributed by atoms with E-state index in [1.807, 2.05) is 12.1 Å². The molecule has 2 aromatic heterocycles. The van der Waals surface area contributed by atoms with Gasteiger partial charge < -0.3 is 10.8 Å². The molecule has 0 aliphatic heterocycles. The normalized spacial score (nSPS) is 9.43. The van der Waals surface area contributed by atoms with Crippen LogP contribution in [-0.4, -0.2) is 112 Å². The Morgan fingerprint density at radius 1 is 0.750 bits per heavy atom. The van der Waals surface area contributed by atoms with E-state index in [1.165, 1.54) is 0 Å². The zero-order valence-electron chi connectivity index (χ0n) is 13.2. The summed E-state index contributed by atoms with van der Waals surface area (Å²) in [7, 11) is 0. The van der Waals surface area contributed by atoms with E-state index < -0.39 is 0 Å². The number of nitrogens with zero attached hydrogens (tertiary/aromatic N) is 6. The van der Waals surface area contributed by atoms with Gasteiger partial charge in [-0.3, -0.25) is 4.79 Å². The average Bonchev–Trinajstić information content (AvgIpc) is 3.36. The van der Waals surface area contributed by atoms with Crippen LogP contribution in [0.4, 0.5) is 5.69 Å². The zero-order chi connectivity index (χ0) is 17.1. The Labute approximate surface area is 203 Å². The van der Waals surface area contributed by atoms with Gasteiger partial charge in [-0.1, -0.05) is 12.1 Å². The van der Waals surface area contributed by atoms with E-state index in [0.717, 1.165) is 11.1 Å². The van der Waals surface area contributed by atoms with Crippen LogP contribution >= 0.6 is 0 Å². The third-order valence-corrected chi connectivity index (χ3v) is 3.53. The molecule has 2 heterocycles. The summed E-state index contributed by atoms with van der Waals surface area (Å²) in [5.74, 6) is 0.899. The number of H-pyrrole nitrogens is 2. The van der Waals surface area contributed by atoms with Crippen molar-refractivity contribution < 1.29 is 10.3 Å². The van der Waals surface area contributed by atoms with Gasteiger partial charge in [0.15, 0.2) is 11.6 Å². The Bertz CT molecular complexity index is 976. The maximum atomic E-state index is 12.3. The molecule has 0 saturated carbocycles. The second-order valence-corrected chi connectivity index (χ2v) is 5.11. The molecule has 0 bridgehead atoms. The van der Waals surface area contributed by atoms with Crippen LogP contribution in [0.1, 0.15) is 10.4 Å². The predicted octanol–water partition coefficient (Wildman–Crippen LogP) is -0.823. The first-order valence-electron chi connectivity index (χ1n) is 7.29. The van der Waals surface area contributed by atoms with Crippen molar-refractivity contribution in [1.29, 1.82) is 0 Å². The molecule has 11 nitrogen and oxygen atoms in total. The van der Waals surface area contributed by atoms with E-state index in [1.54, 1.807) is 36.4 Å². The average molecular weight is 399 g/mol. The number of benzene rings is 2. The van der Waals surface area contributed by atoms with Gasteiger partial charge in [-0.25, -0.2) is 10.2 Å². The van der Waals surface area contributed by atoms with Gasteiger partial charge in [0.25, 0.3) is 5.91 Å². The van der Waals surface area contributed by atoms with Crippen LogP contribution in [0.5, 0.6) is 0 Å². The maximum absolute atomic E-state index is 12.3. The third kappa shape index (κ3) is 5.52. The molecule has 0 spiro atoms. The molecule has 134 valence electrons. The summed E-state index contributed by atoms with van der Waals surface area (Å²) >= 11 is 0. The Morgan fingerprint density at radius 3 is 1.64 bits per heavy atom. The van der Waals surface area contributed by atoms with Crippen LogP contribution in [-0.2, 0) is 0 Å². The number of aromatic amines is 2. The fourth-order valence-electron chi connectivity index (χ4n) is 2.26. The molecule has 0 atom stereocenters. The molecule has 0 fully saturated rings. The first kappa shape index (κ1) is 24.0. The Kier molecular flexibility index (Phi) is 9.55. The molecule has 0 aliphatic carbocycles. The number of hydrogen-bond donors (Lipinski definition) is 3. The fourth-order valence-corrected chi connectivity index (χ4v) is 2.26. The van der Waals surface area contributed by atoms with Crippen LogP contribution in [0.2, 0.25) is 0 Å². The molecule has 4 aromatic rings. The van der Waals surface area contributed by atoms with E-state index in [2.05, 4.69) is 46.6 Å². The number of amides is 1. The summed E-state index contributed by atoms with van der Waals surface area (Å²) in [6, 6.07) is 14.2. The van der Waals surface area contributed by atoms with Crippen molar-refractivity contribution in [1.82, 2.24) is 41.2 Å². The number of anilines is 1. The second-order valence-electron chi connectivity index (χ2n) is 5.11. The van der Waals surface area contributed by atoms with Crippen LogP contribution in [0.25, 0.3) is 22.8 Å². The molecule has 0 aliphatic rings. The second kappa shape index (κ2) is 11.1. The van der Waals surface area contributed by atoms with Crippen molar-refractivity contribution in [2.24, 2.45) is 0 Å². The van der Waals surface area contributed by atoms with Crippen molar-refractivity contribution >= 4 is 70.7 Å². The summed E-state index contributed by atoms with van der Waals surface area (Å²) in [4.78, 5) is 12.3. The standard InChI is InChI=1S/C15H11N9O.2Na.H2O.2H/c25-15(11-3-1-9(2-4-11)13-17-21-22-18-13)16-12-7-5-10(6-8-12)14-19-23-24-20-14;;;;;/h1-8H,(H,16,25)(H,17,18,21,22)(H,19,20,23,24);;;1H2;;. The summed E-state index contributed by atoms with van der Waals surface area (Å²) in [6.07, 6.45) is 0. The molecule has 5 N–H and O–H groups in total. The summed E-state index contributed by atoms with van der Waals surface area (Å²) in [6.45, 7) is 0. The quantitative estimate of drug-likeness (QED) is 0.376. The molecule has 0 radical (unpaired) electrons. The molecule has 4 rings (SSSR count). The van der Waals surface area contributed by atoms with Crippen molar-refractivity contribution in [2.45, 2.75) is 0 Å². The van der Waals surface area contributed by atoms with Crippen molar-refractivity contribution in [3.8, 4) is 22.8 Å². The van der Waals surface area contributed by atoms with E-state index in [4.69, 9.17) is 0 Å². The number of aromatic nitrogens is 8. The van der Waals surface area contributed by atoms with Crippen LogP contribution in [0.15, 0.2) is 48.5 Å². The van der Waals surface area contributed by atoms with Gasteiger partial charge in [0, 0.05) is 22.4 Å². The summed E-state index contributed by atoms with van der Waals surface area (Å²) in [5.41, 5.74) is 2.82. The number of tetrazole rings is 2. The minimum atomic E-state index is -0.212. The molecule has 0 saturated heterocycles. The van der Waals surface area contributed by atoms with Crippen LogP contribution < -0.4 is 5.32 Å².